The van der Waals surface area contributed by atoms with E-state index in [1.54, 1.807) is 12.4 Å². The average molecular weight is 118 g/mol. The quantitative estimate of drug-likeness (QED) is 0.554. The van der Waals surface area contributed by atoms with Crippen molar-refractivity contribution in [1.29, 1.82) is 0 Å². The maximum atomic E-state index is 3.81. The number of H-pyrrole nitrogens is 1. The number of rotatable bonds is 0. The van der Waals surface area contributed by atoms with Crippen molar-refractivity contribution in [2.45, 2.75) is 0 Å². The van der Waals surface area contributed by atoms with E-state index in [-0.39, 0.29) is 0 Å². The molecule has 0 fully saturated rings. The van der Waals surface area contributed by atoms with Crippen molar-refractivity contribution in [2.24, 2.45) is 0 Å². The molecule has 0 atom stereocenters. The molecule has 0 saturated carbocycles. The Kier molecular flexibility index (Phi) is 0.773. The van der Waals surface area contributed by atoms with Crippen LogP contribution in [0.3, 0.4) is 0 Å². The zero-order valence-corrected chi connectivity index (χ0v) is 4.63. The molecule has 43 valence electrons. The molecule has 9 heavy (non-hydrogen) atoms. The lowest BCUT2D eigenvalue weighted by Gasteiger charge is -1.79. The lowest BCUT2D eigenvalue weighted by molar-refractivity contribution is 1.11. The molecular weight excluding hydrogens is 114 g/mol. The number of aromatic amines is 1. The summed E-state index contributed by atoms with van der Waals surface area (Å²) in [5.41, 5.74) is 0.859. The second kappa shape index (κ2) is 1.55. The van der Waals surface area contributed by atoms with Gasteiger partial charge in [0, 0.05) is 11.6 Å². The van der Waals surface area contributed by atoms with Gasteiger partial charge in [-0.25, -0.2) is 0 Å². The van der Waals surface area contributed by atoms with Crippen LogP contribution in [0.5, 0.6) is 0 Å². The standard InChI is InChI=1S/C6H4N3/c1-2-7-4-6-5(1)3-8-9-6/h1-3H,(H,8,9). The fourth-order valence-corrected chi connectivity index (χ4v) is 0.731. The lowest BCUT2D eigenvalue weighted by Crippen LogP contribution is -1.70. The van der Waals surface area contributed by atoms with E-state index in [1.807, 2.05) is 6.07 Å². The minimum absolute atomic E-state index is 0.859. The minimum Gasteiger partial charge on any atom is -0.276 e. The first kappa shape index (κ1) is 4.49. The Morgan fingerprint density at radius 1 is 1.56 bits per heavy atom. The van der Waals surface area contributed by atoms with Crippen molar-refractivity contribution in [3.05, 3.63) is 24.7 Å². The van der Waals surface area contributed by atoms with Gasteiger partial charge in [0.1, 0.15) is 6.20 Å². The third-order valence-corrected chi connectivity index (χ3v) is 1.17. The summed E-state index contributed by atoms with van der Waals surface area (Å²) in [7, 11) is 0. The van der Waals surface area contributed by atoms with Crippen molar-refractivity contribution in [2.75, 3.05) is 0 Å². The summed E-state index contributed by atoms with van der Waals surface area (Å²) < 4.78 is 0. The summed E-state index contributed by atoms with van der Waals surface area (Å²) in [4.78, 5) is 3.79. The van der Waals surface area contributed by atoms with Crippen LogP contribution in [0, 0.1) is 6.20 Å². The van der Waals surface area contributed by atoms with Crippen LogP contribution in [0.25, 0.3) is 10.9 Å². The number of aromatic nitrogens is 3. The summed E-state index contributed by atoms with van der Waals surface area (Å²) in [6.07, 6.45) is 6.20. The second-order valence-corrected chi connectivity index (χ2v) is 1.76. The zero-order chi connectivity index (χ0) is 6.10. The van der Waals surface area contributed by atoms with E-state index in [1.165, 1.54) is 0 Å². The highest BCUT2D eigenvalue weighted by molar-refractivity contribution is 5.75. The van der Waals surface area contributed by atoms with E-state index in [0.29, 0.717) is 0 Å². The van der Waals surface area contributed by atoms with Gasteiger partial charge in [-0.2, -0.15) is 5.10 Å². The van der Waals surface area contributed by atoms with Gasteiger partial charge >= 0.3 is 0 Å². The molecule has 2 aromatic heterocycles. The molecular formula is C6H4N3. The highest BCUT2D eigenvalue weighted by Gasteiger charge is 1.90. The molecule has 1 radical (unpaired) electrons. The first-order valence-corrected chi connectivity index (χ1v) is 2.62. The van der Waals surface area contributed by atoms with Gasteiger partial charge in [0.25, 0.3) is 0 Å². The molecule has 0 aromatic carbocycles. The molecule has 0 saturated heterocycles. The number of nitrogens with zero attached hydrogens (tertiary/aromatic N) is 2. The van der Waals surface area contributed by atoms with Crippen LogP contribution < -0.4 is 0 Å². The molecule has 0 aliphatic carbocycles. The predicted octanol–water partition coefficient (Wildman–Crippen LogP) is 0.758. The monoisotopic (exact) mass is 118 g/mol. The molecule has 3 heteroatoms. The Bertz CT molecular complexity index is 282. The molecule has 0 bridgehead atoms. The summed E-state index contributed by atoms with van der Waals surface area (Å²) in [6, 6.07) is 1.88. The Morgan fingerprint density at radius 3 is 3.44 bits per heavy atom. The first-order valence-electron chi connectivity index (χ1n) is 2.62. The summed E-state index contributed by atoms with van der Waals surface area (Å²) >= 11 is 0. The Labute approximate surface area is 51.7 Å². The van der Waals surface area contributed by atoms with Crippen molar-refractivity contribution < 1.29 is 0 Å². The molecule has 0 aliphatic rings. The van der Waals surface area contributed by atoms with Crippen molar-refractivity contribution in [1.82, 2.24) is 15.2 Å². The number of pyridine rings is 1. The molecule has 1 N–H and O–H groups in total. The molecule has 0 spiro atoms. The molecule has 3 nitrogen and oxygen atoms in total. The van der Waals surface area contributed by atoms with Crippen LogP contribution >= 0.6 is 0 Å². The Hall–Kier alpha value is -1.38. The Balaban J connectivity index is 2.95. The van der Waals surface area contributed by atoms with E-state index in [2.05, 4.69) is 21.4 Å². The van der Waals surface area contributed by atoms with Crippen LogP contribution in [-0.4, -0.2) is 15.2 Å². The molecule has 2 heterocycles. The summed E-state index contributed by atoms with van der Waals surface area (Å²) in [5, 5.41) is 7.60. The highest BCUT2D eigenvalue weighted by Crippen LogP contribution is 2.04. The van der Waals surface area contributed by atoms with Gasteiger partial charge in [0.2, 0.25) is 0 Å². The second-order valence-electron chi connectivity index (χ2n) is 1.76. The van der Waals surface area contributed by atoms with E-state index in [0.717, 1.165) is 10.9 Å². The third-order valence-electron chi connectivity index (χ3n) is 1.17. The van der Waals surface area contributed by atoms with Crippen molar-refractivity contribution >= 4 is 10.9 Å². The van der Waals surface area contributed by atoms with Crippen LogP contribution in [0.4, 0.5) is 0 Å². The number of hydrogen-bond donors (Lipinski definition) is 1. The van der Waals surface area contributed by atoms with Crippen LogP contribution in [0.2, 0.25) is 0 Å². The third kappa shape index (κ3) is 0.579. The maximum absolute atomic E-state index is 3.81. The summed E-state index contributed by atoms with van der Waals surface area (Å²) in [6.45, 7) is 0. The van der Waals surface area contributed by atoms with Gasteiger partial charge in [-0.15, -0.1) is 0 Å². The van der Waals surface area contributed by atoms with Gasteiger partial charge in [0.05, 0.1) is 11.7 Å². The zero-order valence-electron chi connectivity index (χ0n) is 4.63. The van der Waals surface area contributed by atoms with E-state index in [4.69, 9.17) is 0 Å². The normalized spacial score (nSPS) is 10.2. The van der Waals surface area contributed by atoms with Gasteiger partial charge in [-0.1, -0.05) is 0 Å². The largest absolute Gasteiger partial charge is 0.276 e. The molecule has 0 aliphatic heterocycles. The van der Waals surface area contributed by atoms with Gasteiger partial charge in [-0.3, -0.25) is 10.1 Å². The number of fused-ring (bicyclic) bond motifs is 1. The number of hydrogen-bond acceptors (Lipinski definition) is 2. The van der Waals surface area contributed by atoms with E-state index in [9.17, 15) is 0 Å². The van der Waals surface area contributed by atoms with Gasteiger partial charge in [0.15, 0.2) is 0 Å². The fourth-order valence-electron chi connectivity index (χ4n) is 0.731. The van der Waals surface area contributed by atoms with Gasteiger partial charge < -0.3 is 0 Å². The maximum Gasteiger partial charge on any atom is 0.116 e. The van der Waals surface area contributed by atoms with Crippen molar-refractivity contribution in [3.8, 4) is 0 Å². The van der Waals surface area contributed by atoms with Crippen LogP contribution in [-0.2, 0) is 0 Å². The molecule has 2 rings (SSSR count). The minimum atomic E-state index is 0.859. The van der Waals surface area contributed by atoms with E-state index < -0.39 is 0 Å². The lowest BCUT2D eigenvalue weighted by atomic mass is 10.3. The predicted molar refractivity (Wildman–Crippen MR) is 32.7 cm³/mol. The fraction of sp³-hybridized carbons (Fsp3) is 0. The molecule has 0 unspecified atom stereocenters. The van der Waals surface area contributed by atoms with Crippen molar-refractivity contribution in [3.63, 3.8) is 0 Å². The average Bonchev–Trinajstić information content (AvgIpc) is 2.33. The van der Waals surface area contributed by atoms with Crippen LogP contribution in [0.15, 0.2) is 18.5 Å². The number of nitrogens with one attached hydrogen (secondary N) is 1. The van der Waals surface area contributed by atoms with Crippen LogP contribution in [0.1, 0.15) is 0 Å². The molecule has 0 amide bonds. The topological polar surface area (TPSA) is 41.6 Å². The smallest absolute Gasteiger partial charge is 0.116 e. The SMILES string of the molecule is [c]1nccc2cn[nH]c12. The van der Waals surface area contributed by atoms with Gasteiger partial charge in [-0.05, 0) is 6.07 Å². The summed E-state index contributed by atoms with van der Waals surface area (Å²) in [5.74, 6) is 0. The molecule has 2 aromatic rings. The highest BCUT2D eigenvalue weighted by atomic mass is 15.1. The Morgan fingerprint density at radius 2 is 2.56 bits per heavy atom. The first-order chi connectivity index (χ1) is 4.47. The van der Waals surface area contributed by atoms with E-state index >= 15 is 0 Å².